The van der Waals surface area contributed by atoms with Crippen molar-refractivity contribution in [3.05, 3.63) is 12.4 Å². The van der Waals surface area contributed by atoms with Crippen LogP contribution in [0.3, 0.4) is 0 Å². The van der Waals surface area contributed by atoms with E-state index in [9.17, 15) is 0 Å². The summed E-state index contributed by atoms with van der Waals surface area (Å²) < 4.78 is 0. The molecule has 0 bridgehead atoms. The molecule has 0 saturated heterocycles. The molecule has 4 aromatic heterocycles. The molecule has 0 unspecified atom stereocenters. The Bertz CT molecular complexity index is 835. The highest BCUT2D eigenvalue weighted by molar-refractivity contribution is 5.96. The van der Waals surface area contributed by atoms with Crippen molar-refractivity contribution >= 4 is 22.1 Å². The van der Waals surface area contributed by atoms with E-state index in [2.05, 4.69) is 61.6 Å². The minimum absolute atomic E-state index is 0.298. The normalized spacial score (nSPS) is 11.0. The van der Waals surface area contributed by atoms with Gasteiger partial charge in [0.05, 0.1) is 23.2 Å². The van der Waals surface area contributed by atoms with Gasteiger partial charge in [0.25, 0.3) is 0 Å². The van der Waals surface area contributed by atoms with Crippen molar-refractivity contribution in [2.45, 2.75) is 0 Å². The van der Waals surface area contributed by atoms with Gasteiger partial charge in [-0.25, -0.2) is 0 Å². The van der Waals surface area contributed by atoms with Crippen LogP contribution in [0, 0.1) is 0 Å². The van der Waals surface area contributed by atoms with Gasteiger partial charge in [0.15, 0.2) is 0 Å². The van der Waals surface area contributed by atoms with Crippen molar-refractivity contribution in [2.24, 2.45) is 0 Å². The van der Waals surface area contributed by atoms with Crippen molar-refractivity contribution in [2.75, 3.05) is 0 Å². The molecule has 12 nitrogen and oxygen atoms in total. The fourth-order valence-corrected chi connectivity index (χ4v) is 1.68. The standard InChI is InChI=1S/C8H2N12/c1-3-5(11-19-15-7(3)13-17-9-1)6-4-2-10-18-14-8(4)16-20-12-6/h1-2H. The molecule has 4 aromatic rings. The number of nitrogens with zero attached hydrogens (tertiary/aromatic N) is 12. The summed E-state index contributed by atoms with van der Waals surface area (Å²) in [7, 11) is 0. The Labute approximate surface area is 108 Å². The lowest BCUT2D eigenvalue weighted by atomic mass is 10.2. The van der Waals surface area contributed by atoms with E-state index in [1.807, 2.05) is 0 Å². The average Bonchev–Trinajstić information content (AvgIpc) is 2.54. The van der Waals surface area contributed by atoms with E-state index in [4.69, 9.17) is 0 Å². The van der Waals surface area contributed by atoms with Crippen molar-refractivity contribution in [3.63, 3.8) is 0 Å². The Morgan fingerprint density at radius 3 is 1.45 bits per heavy atom. The smallest absolute Gasteiger partial charge is 0.138 e. The maximum Gasteiger partial charge on any atom is 0.211 e. The van der Waals surface area contributed by atoms with Crippen molar-refractivity contribution in [1.29, 1.82) is 0 Å². The molecule has 0 aromatic carbocycles. The summed E-state index contributed by atoms with van der Waals surface area (Å²) in [5, 5.41) is 45.7. The van der Waals surface area contributed by atoms with Gasteiger partial charge >= 0.3 is 0 Å². The number of rotatable bonds is 1. The summed E-state index contributed by atoms with van der Waals surface area (Å²) in [4.78, 5) is 0. The maximum atomic E-state index is 3.95. The van der Waals surface area contributed by atoms with Crippen LogP contribution < -0.4 is 0 Å². The number of fused-ring (bicyclic) bond motifs is 2. The molecule has 94 valence electrons. The predicted molar refractivity (Wildman–Crippen MR) is 60.4 cm³/mol. The van der Waals surface area contributed by atoms with Gasteiger partial charge in [0, 0.05) is 0 Å². The van der Waals surface area contributed by atoms with Gasteiger partial charge < -0.3 is 0 Å². The molecule has 0 spiro atoms. The number of aromatic nitrogens is 12. The Kier molecular flexibility index (Phi) is 2.12. The molecule has 0 fully saturated rings. The first-order valence-corrected chi connectivity index (χ1v) is 5.29. The molecule has 0 aliphatic carbocycles. The average molecular weight is 266 g/mol. The highest BCUT2D eigenvalue weighted by Gasteiger charge is 2.15. The van der Waals surface area contributed by atoms with Crippen LogP contribution in [0.15, 0.2) is 12.4 Å². The fraction of sp³-hybridized carbons (Fsp3) is 0. The fourth-order valence-electron chi connectivity index (χ4n) is 1.68. The Balaban J connectivity index is 2.12. The van der Waals surface area contributed by atoms with Crippen LogP contribution in [0.2, 0.25) is 0 Å². The summed E-state index contributed by atoms with van der Waals surface area (Å²) in [5.41, 5.74) is 1.39. The predicted octanol–water partition coefficient (Wildman–Crippen LogP) is -1.60. The van der Waals surface area contributed by atoms with Gasteiger partial charge in [-0.2, -0.15) is 0 Å². The summed E-state index contributed by atoms with van der Waals surface area (Å²) in [6.07, 6.45) is 2.94. The molecule has 4 rings (SSSR count). The molecular weight excluding hydrogens is 264 g/mol. The molecule has 4 heterocycles. The minimum atomic E-state index is 0.298. The lowest BCUT2D eigenvalue weighted by Gasteiger charge is -2.02. The molecular formula is C8H2N12. The summed E-state index contributed by atoms with van der Waals surface area (Å²) in [6, 6.07) is 0. The van der Waals surface area contributed by atoms with Gasteiger partial charge in [-0.1, -0.05) is 0 Å². The first-order valence-electron chi connectivity index (χ1n) is 5.29. The highest BCUT2D eigenvalue weighted by atomic mass is 15.4. The van der Waals surface area contributed by atoms with Crippen LogP contribution in [0.4, 0.5) is 0 Å². The first-order chi connectivity index (χ1) is 9.93. The second-order valence-corrected chi connectivity index (χ2v) is 3.62. The van der Waals surface area contributed by atoms with Crippen LogP contribution in [-0.2, 0) is 0 Å². The third-order valence-corrected chi connectivity index (χ3v) is 2.54. The van der Waals surface area contributed by atoms with E-state index in [1.54, 1.807) is 0 Å². The largest absolute Gasteiger partial charge is 0.211 e. The van der Waals surface area contributed by atoms with Gasteiger partial charge in [0.2, 0.25) is 11.3 Å². The van der Waals surface area contributed by atoms with E-state index in [-0.39, 0.29) is 0 Å². The lowest BCUT2D eigenvalue weighted by molar-refractivity contribution is 0.819. The van der Waals surface area contributed by atoms with Crippen LogP contribution in [0.1, 0.15) is 0 Å². The Hall–Kier alpha value is -3.44. The minimum Gasteiger partial charge on any atom is -0.138 e. The summed E-state index contributed by atoms with van der Waals surface area (Å²) in [6.45, 7) is 0. The monoisotopic (exact) mass is 266 g/mol. The molecule has 12 heteroatoms. The van der Waals surface area contributed by atoms with Crippen molar-refractivity contribution in [1.82, 2.24) is 61.6 Å². The zero-order chi connectivity index (χ0) is 13.4. The molecule has 0 radical (unpaired) electrons. The second kappa shape index (κ2) is 4.04. The maximum absolute atomic E-state index is 3.95. The Morgan fingerprint density at radius 2 is 0.950 bits per heavy atom. The third-order valence-electron chi connectivity index (χ3n) is 2.54. The quantitative estimate of drug-likeness (QED) is 0.389. The molecule has 0 saturated carbocycles. The third kappa shape index (κ3) is 1.48. The van der Waals surface area contributed by atoms with Gasteiger partial charge in [-0.05, 0) is 20.9 Å². The SMILES string of the molecule is c1nnnc2nnnc(-c3nnnc4nnncc34)c12. The van der Waals surface area contributed by atoms with E-state index in [0.29, 0.717) is 33.5 Å². The van der Waals surface area contributed by atoms with Crippen LogP contribution in [0.5, 0.6) is 0 Å². The first kappa shape index (κ1) is 10.5. The number of hydrogen-bond donors (Lipinski definition) is 0. The zero-order valence-corrected chi connectivity index (χ0v) is 9.52. The number of hydrogen-bond acceptors (Lipinski definition) is 12. The van der Waals surface area contributed by atoms with Crippen LogP contribution in [0.25, 0.3) is 33.5 Å². The van der Waals surface area contributed by atoms with Gasteiger partial charge in [0.1, 0.15) is 11.4 Å². The highest BCUT2D eigenvalue weighted by Crippen LogP contribution is 2.24. The van der Waals surface area contributed by atoms with Crippen LogP contribution in [-0.4, -0.2) is 61.6 Å². The second-order valence-electron chi connectivity index (χ2n) is 3.62. The summed E-state index contributed by atoms with van der Waals surface area (Å²) >= 11 is 0. The van der Waals surface area contributed by atoms with E-state index in [0.717, 1.165) is 0 Å². The van der Waals surface area contributed by atoms with Gasteiger partial charge in [-0.15, -0.1) is 40.8 Å². The van der Waals surface area contributed by atoms with Crippen LogP contribution >= 0.6 is 0 Å². The van der Waals surface area contributed by atoms with Crippen molar-refractivity contribution in [3.8, 4) is 11.4 Å². The van der Waals surface area contributed by atoms with E-state index < -0.39 is 0 Å². The van der Waals surface area contributed by atoms with Crippen molar-refractivity contribution < 1.29 is 0 Å². The molecule has 0 amide bonds. The van der Waals surface area contributed by atoms with E-state index >= 15 is 0 Å². The summed E-state index contributed by atoms with van der Waals surface area (Å²) in [5.74, 6) is 0. The Morgan fingerprint density at radius 1 is 0.500 bits per heavy atom. The molecule has 20 heavy (non-hydrogen) atoms. The zero-order valence-electron chi connectivity index (χ0n) is 9.52. The lowest BCUT2D eigenvalue weighted by Crippen LogP contribution is -2.03. The molecule has 0 aliphatic rings. The van der Waals surface area contributed by atoms with E-state index in [1.165, 1.54) is 12.4 Å². The topological polar surface area (TPSA) is 155 Å². The molecule has 0 aliphatic heterocycles. The molecule has 0 N–H and O–H groups in total. The molecule has 0 atom stereocenters. The van der Waals surface area contributed by atoms with Gasteiger partial charge in [-0.3, -0.25) is 0 Å².